The van der Waals surface area contributed by atoms with Crippen molar-refractivity contribution < 1.29 is 20.1 Å². The number of aliphatic hydroxyl groups excluding tert-OH is 2. The van der Waals surface area contributed by atoms with Crippen molar-refractivity contribution in [3.63, 3.8) is 0 Å². The number of carboxylic acid groups (broad SMARTS) is 1. The molecule has 16 heavy (non-hydrogen) atoms. The summed E-state index contributed by atoms with van der Waals surface area (Å²) in [5, 5.41) is 27.9. The monoisotopic (exact) mass is 224 g/mol. The van der Waals surface area contributed by atoms with Gasteiger partial charge in [-0.05, 0) is 30.5 Å². The van der Waals surface area contributed by atoms with E-state index < -0.39 is 24.6 Å². The second kappa shape index (κ2) is 5.09. The zero-order valence-corrected chi connectivity index (χ0v) is 9.34. The lowest BCUT2D eigenvalue weighted by molar-refractivity contribution is -0.141. The summed E-state index contributed by atoms with van der Waals surface area (Å²) in [5.41, 5.74) is 2.45. The third kappa shape index (κ3) is 2.81. The summed E-state index contributed by atoms with van der Waals surface area (Å²) in [7, 11) is 0. The number of hydrogen-bond acceptors (Lipinski definition) is 3. The van der Waals surface area contributed by atoms with Crippen LogP contribution in [-0.2, 0) is 4.79 Å². The summed E-state index contributed by atoms with van der Waals surface area (Å²) in [6.45, 7) is 3.73. The lowest BCUT2D eigenvalue weighted by atomic mass is 9.95. The Labute approximate surface area is 94.2 Å². The zero-order chi connectivity index (χ0) is 12.3. The molecule has 3 N–H and O–H groups in total. The third-order valence-electron chi connectivity index (χ3n) is 2.71. The minimum atomic E-state index is -1.28. The number of hydrogen-bond donors (Lipinski definition) is 3. The molecule has 88 valence electrons. The van der Waals surface area contributed by atoms with Crippen LogP contribution in [0.2, 0.25) is 0 Å². The van der Waals surface area contributed by atoms with Gasteiger partial charge in [-0.3, -0.25) is 4.79 Å². The van der Waals surface area contributed by atoms with Crippen molar-refractivity contribution in [2.45, 2.75) is 32.5 Å². The first-order chi connectivity index (χ1) is 7.43. The molecular weight excluding hydrogens is 208 g/mol. The lowest BCUT2D eigenvalue weighted by Crippen LogP contribution is -2.22. The number of rotatable bonds is 4. The maximum absolute atomic E-state index is 10.4. The number of aliphatic carboxylic acids is 1. The van der Waals surface area contributed by atoms with Crippen molar-refractivity contribution in [3.8, 4) is 0 Å². The molecule has 1 rings (SSSR count). The first kappa shape index (κ1) is 12.7. The van der Waals surface area contributed by atoms with Gasteiger partial charge in [0.1, 0.15) is 6.10 Å². The molecule has 0 aliphatic heterocycles. The van der Waals surface area contributed by atoms with Crippen LogP contribution in [0.1, 0.15) is 29.2 Å². The maximum atomic E-state index is 10.4. The second-order valence-corrected chi connectivity index (χ2v) is 3.90. The van der Waals surface area contributed by atoms with Gasteiger partial charge in [0.15, 0.2) is 0 Å². The molecule has 2 unspecified atom stereocenters. The van der Waals surface area contributed by atoms with E-state index in [1.807, 2.05) is 19.9 Å². The molecule has 0 bridgehead atoms. The van der Waals surface area contributed by atoms with Crippen LogP contribution in [0.3, 0.4) is 0 Å². The van der Waals surface area contributed by atoms with Gasteiger partial charge >= 0.3 is 5.97 Å². The van der Waals surface area contributed by atoms with E-state index in [4.69, 9.17) is 5.11 Å². The zero-order valence-electron chi connectivity index (χ0n) is 9.34. The topological polar surface area (TPSA) is 77.8 Å². The van der Waals surface area contributed by atoms with Crippen molar-refractivity contribution in [3.05, 3.63) is 34.9 Å². The fraction of sp³-hybridized carbons (Fsp3) is 0.417. The SMILES string of the molecule is Cc1cccc(C(O)C(O)CC(=O)O)c1C. The molecule has 1 aromatic rings. The van der Waals surface area contributed by atoms with Gasteiger partial charge in [-0.2, -0.15) is 0 Å². The number of aryl methyl sites for hydroxylation is 1. The minimum Gasteiger partial charge on any atom is -0.481 e. The fourth-order valence-electron chi connectivity index (χ4n) is 1.59. The van der Waals surface area contributed by atoms with Gasteiger partial charge in [0.25, 0.3) is 0 Å². The Morgan fingerprint density at radius 2 is 1.94 bits per heavy atom. The van der Waals surface area contributed by atoms with Gasteiger partial charge in [-0.1, -0.05) is 18.2 Å². The molecule has 4 heteroatoms. The molecule has 0 aliphatic rings. The summed E-state index contributed by atoms with van der Waals surface area (Å²) >= 11 is 0. The van der Waals surface area contributed by atoms with Crippen molar-refractivity contribution in [1.82, 2.24) is 0 Å². The number of carbonyl (C=O) groups is 1. The Morgan fingerprint density at radius 3 is 2.50 bits per heavy atom. The molecule has 0 saturated carbocycles. The minimum absolute atomic E-state index is 0.464. The van der Waals surface area contributed by atoms with Crippen molar-refractivity contribution in [2.24, 2.45) is 0 Å². The number of carboxylic acids is 1. The third-order valence-corrected chi connectivity index (χ3v) is 2.71. The van der Waals surface area contributed by atoms with Gasteiger partial charge < -0.3 is 15.3 Å². The van der Waals surface area contributed by atoms with Gasteiger partial charge in [-0.25, -0.2) is 0 Å². The van der Waals surface area contributed by atoms with Crippen molar-refractivity contribution >= 4 is 5.97 Å². The highest BCUT2D eigenvalue weighted by molar-refractivity contribution is 5.67. The highest BCUT2D eigenvalue weighted by Crippen LogP contribution is 2.24. The fourth-order valence-corrected chi connectivity index (χ4v) is 1.59. The Morgan fingerprint density at radius 1 is 1.31 bits per heavy atom. The van der Waals surface area contributed by atoms with Gasteiger partial charge in [-0.15, -0.1) is 0 Å². The van der Waals surface area contributed by atoms with E-state index in [9.17, 15) is 15.0 Å². The molecule has 0 fully saturated rings. The van der Waals surface area contributed by atoms with E-state index in [2.05, 4.69) is 0 Å². The van der Waals surface area contributed by atoms with Crippen molar-refractivity contribution in [1.29, 1.82) is 0 Å². The van der Waals surface area contributed by atoms with Gasteiger partial charge in [0, 0.05) is 0 Å². The molecule has 0 spiro atoms. The van der Waals surface area contributed by atoms with Crippen LogP contribution in [0, 0.1) is 13.8 Å². The number of benzene rings is 1. The normalized spacial score (nSPS) is 14.5. The summed E-state index contributed by atoms with van der Waals surface area (Å²) in [6.07, 6.45) is -2.90. The molecule has 0 aliphatic carbocycles. The van der Waals surface area contributed by atoms with E-state index in [1.165, 1.54) is 0 Å². The van der Waals surface area contributed by atoms with Crippen LogP contribution in [0.4, 0.5) is 0 Å². The smallest absolute Gasteiger partial charge is 0.306 e. The summed E-state index contributed by atoms with van der Waals surface area (Å²) in [6, 6.07) is 5.36. The maximum Gasteiger partial charge on any atom is 0.306 e. The first-order valence-corrected chi connectivity index (χ1v) is 5.07. The van der Waals surface area contributed by atoms with E-state index in [0.29, 0.717) is 5.56 Å². The summed E-state index contributed by atoms with van der Waals surface area (Å²) in [4.78, 5) is 10.4. The second-order valence-electron chi connectivity index (χ2n) is 3.90. The van der Waals surface area contributed by atoms with Gasteiger partial charge in [0.05, 0.1) is 12.5 Å². The Hall–Kier alpha value is -1.39. The van der Waals surface area contributed by atoms with Crippen LogP contribution in [0.5, 0.6) is 0 Å². The molecule has 0 radical (unpaired) electrons. The lowest BCUT2D eigenvalue weighted by Gasteiger charge is -2.19. The van der Waals surface area contributed by atoms with Crippen LogP contribution >= 0.6 is 0 Å². The molecule has 0 amide bonds. The van der Waals surface area contributed by atoms with Crippen LogP contribution in [-0.4, -0.2) is 27.4 Å². The molecule has 0 heterocycles. The Kier molecular flexibility index (Phi) is 4.04. The molecule has 1 aromatic carbocycles. The molecule has 0 aromatic heterocycles. The molecule has 0 saturated heterocycles. The van der Waals surface area contributed by atoms with E-state index in [0.717, 1.165) is 11.1 Å². The summed E-state index contributed by atoms with van der Waals surface area (Å²) < 4.78 is 0. The quantitative estimate of drug-likeness (QED) is 0.717. The van der Waals surface area contributed by atoms with Crippen molar-refractivity contribution in [2.75, 3.05) is 0 Å². The van der Waals surface area contributed by atoms with E-state index >= 15 is 0 Å². The van der Waals surface area contributed by atoms with E-state index in [-0.39, 0.29) is 0 Å². The van der Waals surface area contributed by atoms with Gasteiger partial charge in [0.2, 0.25) is 0 Å². The van der Waals surface area contributed by atoms with Crippen LogP contribution in [0.25, 0.3) is 0 Å². The van der Waals surface area contributed by atoms with Crippen LogP contribution in [0.15, 0.2) is 18.2 Å². The average molecular weight is 224 g/mol. The largest absolute Gasteiger partial charge is 0.481 e. The standard InChI is InChI=1S/C12H16O4/c1-7-4-3-5-9(8(7)2)12(16)10(13)6-11(14)15/h3-5,10,12-13,16H,6H2,1-2H3,(H,14,15). The molecule has 4 nitrogen and oxygen atoms in total. The van der Waals surface area contributed by atoms with E-state index in [1.54, 1.807) is 12.1 Å². The Bertz CT molecular complexity index is 387. The highest BCUT2D eigenvalue weighted by Gasteiger charge is 2.22. The molecule has 2 atom stereocenters. The summed E-state index contributed by atoms with van der Waals surface area (Å²) in [5.74, 6) is -1.13. The molecular formula is C12H16O4. The number of aliphatic hydroxyl groups is 2. The highest BCUT2D eigenvalue weighted by atomic mass is 16.4. The predicted octanol–water partition coefficient (Wildman–Crippen LogP) is 1.17. The van der Waals surface area contributed by atoms with Crippen LogP contribution < -0.4 is 0 Å². The Balaban J connectivity index is 2.91. The first-order valence-electron chi connectivity index (χ1n) is 5.07. The average Bonchev–Trinajstić information content (AvgIpc) is 2.20. The predicted molar refractivity (Wildman–Crippen MR) is 59.1 cm³/mol.